The predicted molar refractivity (Wildman–Crippen MR) is 166 cm³/mol. The van der Waals surface area contributed by atoms with E-state index in [0.29, 0.717) is 43.4 Å². The maximum Gasteiger partial charge on any atom is 0.410 e. The Balaban J connectivity index is 1.51. The van der Waals surface area contributed by atoms with Crippen molar-refractivity contribution in [2.45, 2.75) is 88.7 Å². The number of hydrogen-bond acceptors (Lipinski definition) is 7. The van der Waals surface area contributed by atoms with Gasteiger partial charge in [0.15, 0.2) is 11.4 Å². The van der Waals surface area contributed by atoms with Crippen LogP contribution in [0.5, 0.6) is 11.6 Å². The first-order valence-corrected chi connectivity index (χ1v) is 15.7. The average Bonchev–Trinajstić information content (AvgIpc) is 3.74. The van der Waals surface area contributed by atoms with Gasteiger partial charge in [-0.2, -0.15) is 0 Å². The number of nitrogens with zero attached hydrogens (tertiary/aromatic N) is 2. The van der Waals surface area contributed by atoms with Crippen molar-refractivity contribution in [1.29, 1.82) is 0 Å². The third kappa shape index (κ3) is 5.75. The molecule has 2 amide bonds. The number of likely N-dealkylation sites (tertiary alicyclic amines) is 1. The van der Waals surface area contributed by atoms with Crippen LogP contribution in [0.2, 0.25) is 5.02 Å². The number of nitrogens with two attached hydrogens (primary N) is 1. The first-order valence-electron chi connectivity index (χ1n) is 15.4. The lowest BCUT2D eigenvalue weighted by Crippen LogP contribution is -2.53. The van der Waals surface area contributed by atoms with Crippen molar-refractivity contribution in [3.63, 3.8) is 0 Å². The SMILES string of the molecule is CC(C)(C)OC(=O)N1CCC[C@H]1[C@@]1(c2ccccc2)Cc2c(cc(F)c(Cl)c2-c2c(C(N)=O)cnc(O[C@H]3CC[C@@H](O)C3)c2F)O1. The number of amides is 2. The van der Waals surface area contributed by atoms with Gasteiger partial charge in [-0.1, -0.05) is 41.9 Å². The molecule has 0 bridgehead atoms. The van der Waals surface area contributed by atoms with Crippen LogP contribution in [-0.2, 0) is 16.8 Å². The third-order valence-electron chi connectivity index (χ3n) is 8.84. The molecule has 0 unspecified atom stereocenters. The number of aliphatic hydroxyl groups excluding tert-OH is 1. The number of carbonyl (C=O) groups excluding carboxylic acids is 2. The van der Waals surface area contributed by atoms with Gasteiger partial charge in [0.1, 0.15) is 23.3 Å². The van der Waals surface area contributed by atoms with E-state index in [4.69, 9.17) is 31.5 Å². The second-order valence-corrected chi connectivity index (χ2v) is 13.5. The highest BCUT2D eigenvalue weighted by Crippen LogP contribution is 2.53. The van der Waals surface area contributed by atoms with Gasteiger partial charge >= 0.3 is 6.09 Å². The zero-order chi connectivity index (χ0) is 33.0. The molecule has 4 atom stereocenters. The first kappa shape index (κ1) is 32.0. The van der Waals surface area contributed by atoms with Crippen LogP contribution < -0.4 is 15.2 Å². The van der Waals surface area contributed by atoms with E-state index in [1.54, 1.807) is 25.7 Å². The van der Waals surface area contributed by atoms with Gasteiger partial charge in [0, 0.05) is 48.3 Å². The zero-order valence-corrected chi connectivity index (χ0v) is 26.6. The van der Waals surface area contributed by atoms with Crippen LogP contribution in [0.4, 0.5) is 13.6 Å². The number of aliphatic hydroxyl groups is 1. The van der Waals surface area contributed by atoms with E-state index in [1.165, 1.54) is 0 Å². The minimum atomic E-state index is -1.24. The summed E-state index contributed by atoms with van der Waals surface area (Å²) in [5.74, 6) is -3.28. The van der Waals surface area contributed by atoms with Gasteiger partial charge in [-0.3, -0.25) is 4.79 Å². The molecule has 6 rings (SSSR count). The molecule has 2 aromatic carbocycles. The molecule has 1 saturated carbocycles. The summed E-state index contributed by atoms with van der Waals surface area (Å²) in [4.78, 5) is 31.8. The highest BCUT2D eigenvalue weighted by molar-refractivity contribution is 6.34. The topological polar surface area (TPSA) is 124 Å². The fourth-order valence-corrected chi connectivity index (χ4v) is 7.14. The van der Waals surface area contributed by atoms with Crippen LogP contribution in [0.15, 0.2) is 42.6 Å². The maximum absolute atomic E-state index is 16.5. The molecule has 3 heterocycles. The Bertz CT molecular complexity index is 1680. The summed E-state index contributed by atoms with van der Waals surface area (Å²) in [6, 6.07) is 9.83. The van der Waals surface area contributed by atoms with Gasteiger partial charge in [-0.05, 0) is 52.0 Å². The number of halogens is 3. The fraction of sp³-hybridized carbons (Fsp3) is 0.441. The Morgan fingerprint density at radius 3 is 2.54 bits per heavy atom. The van der Waals surface area contributed by atoms with E-state index < -0.39 is 64.0 Å². The molecular weight excluding hydrogens is 620 g/mol. The molecule has 3 N–H and O–H groups in total. The van der Waals surface area contributed by atoms with Crippen molar-refractivity contribution in [3.05, 3.63) is 75.9 Å². The Kier molecular flexibility index (Phi) is 8.35. The normalized spacial score (nSPS) is 24.1. The van der Waals surface area contributed by atoms with Crippen molar-refractivity contribution in [1.82, 2.24) is 9.88 Å². The molecular formula is C34H36ClF2N3O6. The smallest absolute Gasteiger partial charge is 0.410 e. The molecule has 3 aromatic rings. The minimum absolute atomic E-state index is 0.0522. The largest absolute Gasteiger partial charge is 0.480 e. The van der Waals surface area contributed by atoms with Gasteiger partial charge in [0.2, 0.25) is 0 Å². The van der Waals surface area contributed by atoms with E-state index in [0.717, 1.165) is 12.3 Å². The molecule has 1 aliphatic carbocycles. The van der Waals surface area contributed by atoms with Gasteiger partial charge in [0.05, 0.1) is 22.7 Å². The van der Waals surface area contributed by atoms with E-state index in [-0.39, 0.29) is 35.3 Å². The first-order chi connectivity index (χ1) is 21.8. The summed E-state index contributed by atoms with van der Waals surface area (Å²) in [6.45, 7) is 5.77. The highest BCUT2D eigenvalue weighted by atomic mass is 35.5. The monoisotopic (exact) mass is 655 g/mol. The molecule has 9 nitrogen and oxygen atoms in total. The number of carbonyl (C=O) groups is 2. The summed E-state index contributed by atoms with van der Waals surface area (Å²) < 4.78 is 50.4. The number of benzene rings is 2. The Labute approximate surface area is 270 Å². The van der Waals surface area contributed by atoms with E-state index >= 15 is 8.78 Å². The van der Waals surface area contributed by atoms with Crippen LogP contribution in [0.25, 0.3) is 11.1 Å². The lowest BCUT2D eigenvalue weighted by molar-refractivity contribution is -0.0216. The van der Waals surface area contributed by atoms with Crippen molar-refractivity contribution < 1.29 is 37.7 Å². The standard InChI is InChI=1S/C34H36ClF2N3O6/c1-33(2,3)46-32(43)40-13-7-10-25(40)34(18-8-5-4-6-9-18)16-21-24(45-34)15-23(36)28(35)26(21)27-22(30(38)42)17-39-31(29(27)37)44-20-12-11-19(41)14-20/h4-6,8-9,15,17,19-20,25,41H,7,10-14,16H2,1-3H3,(H2,38,42)/t19-,20+,25+,34+/m1/s1. The summed E-state index contributed by atoms with van der Waals surface area (Å²) in [5, 5.41) is 9.52. The van der Waals surface area contributed by atoms with Gasteiger partial charge in [-0.25, -0.2) is 18.6 Å². The molecule has 0 spiro atoms. The van der Waals surface area contributed by atoms with Gasteiger partial charge in [0.25, 0.3) is 11.8 Å². The molecule has 46 heavy (non-hydrogen) atoms. The lowest BCUT2D eigenvalue weighted by Gasteiger charge is -2.40. The molecule has 1 saturated heterocycles. The Morgan fingerprint density at radius 2 is 1.89 bits per heavy atom. The maximum atomic E-state index is 16.5. The summed E-state index contributed by atoms with van der Waals surface area (Å²) in [6.07, 6.45) is 2.00. The molecule has 2 fully saturated rings. The zero-order valence-electron chi connectivity index (χ0n) is 25.8. The second-order valence-electron chi connectivity index (χ2n) is 13.1. The molecule has 0 radical (unpaired) electrons. The molecule has 12 heteroatoms. The number of rotatable bonds is 6. The van der Waals surface area contributed by atoms with Crippen molar-refractivity contribution in [2.24, 2.45) is 5.73 Å². The number of pyridine rings is 1. The summed E-state index contributed by atoms with van der Waals surface area (Å²) >= 11 is 6.62. The highest BCUT2D eigenvalue weighted by Gasteiger charge is 2.54. The van der Waals surface area contributed by atoms with E-state index in [2.05, 4.69) is 4.98 Å². The summed E-state index contributed by atoms with van der Waals surface area (Å²) in [7, 11) is 0. The van der Waals surface area contributed by atoms with E-state index in [9.17, 15) is 14.7 Å². The average molecular weight is 656 g/mol. The van der Waals surface area contributed by atoms with Crippen LogP contribution in [-0.4, -0.2) is 57.4 Å². The quantitative estimate of drug-likeness (QED) is 0.319. The van der Waals surface area contributed by atoms with Crippen molar-refractivity contribution >= 4 is 23.6 Å². The molecule has 244 valence electrons. The Morgan fingerprint density at radius 1 is 1.15 bits per heavy atom. The van der Waals surface area contributed by atoms with Crippen LogP contribution in [0.3, 0.4) is 0 Å². The number of fused-ring (bicyclic) bond motifs is 1. The lowest BCUT2D eigenvalue weighted by atomic mass is 9.80. The van der Waals surface area contributed by atoms with Crippen LogP contribution in [0.1, 0.15) is 74.4 Å². The molecule has 2 aliphatic heterocycles. The molecule has 3 aliphatic rings. The van der Waals surface area contributed by atoms with Crippen molar-refractivity contribution in [2.75, 3.05) is 6.54 Å². The van der Waals surface area contributed by atoms with E-state index in [1.807, 2.05) is 30.3 Å². The number of hydrogen-bond donors (Lipinski definition) is 2. The van der Waals surface area contributed by atoms with Gasteiger partial charge < -0.3 is 30.0 Å². The van der Waals surface area contributed by atoms with Crippen LogP contribution >= 0.6 is 11.6 Å². The number of ether oxygens (including phenoxy) is 3. The predicted octanol–water partition coefficient (Wildman–Crippen LogP) is 6.30. The molecule has 1 aromatic heterocycles. The van der Waals surface area contributed by atoms with Crippen LogP contribution in [0, 0.1) is 11.6 Å². The second kappa shape index (κ2) is 12.0. The minimum Gasteiger partial charge on any atom is -0.480 e. The number of primary amides is 1. The third-order valence-corrected chi connectivity index (χ3v) is 9.21. The fourth-order valence-electron chi connectivity index (χ4n) is 6.88. The number of aromatic nitrogens is 1. The summed E-state index contributed by atoms with van der Waals surface area (Å²) in [5.41, 5.74) is 3.96. The Hall–Kier alpha value is -3.96. The van der Waals surface area contributed by atoms with Gasteiger partial charge in [-0.15, -0.1) is 0 Å². The van der Waals surface area contributed by atoms with Crippen molar-refractivity contribution in [3.8, 4) is 22.8 Å².